The largest absolute Gasteiger partial charge is 0.382 e. The number of nitrogens with one attached hydrogen (secondary N) is 4. The zero-order chi connectivity index (χ0) is 25.5. The van der Waals surface area contributed by atoms with Crippen molar-refractivity contribution in [3.63, 3.8) is 0 Å². The lowest BCUT2D eigenvalue weighted by Crippen LogP contribution is -2.42. The number of aliphatic imine (C=N–C) groups is 1. The Bertz CT molecular complexity index is 1210. The minimum atomic E-state index is -0.653. The predicted molar refractivity (Wildman–Crippen MR) is 144 cm³/mol. The van der Waals surface area contributed by atoms with Crippen molar-refractivity contribution in [1.82, 2.24) is 5.32 Å². The van der Waals surface area contributed by atoms with Crippen LogP contribution >= 0.6 is 23.6 Å². The summed E-state index contributed by atoms with van der Waals surface area (Å²) in [6.45, 7) is 1.71. The van der Waals surface area contributed by atoms with Crippen LogP contribution in [0.1, 0.15) is 23.6 Å². The molecule has 0 aliphatic carbocycles. The van der Waals surface area contributed by atoms with Gasteiger partial charge in [-0.05, 0) is 48.8 Å². The van der Waals surface area contributed by atoms with Gasteiger partial charge in [0.2, 0.25) is 5.91 Å². The third-order valence-electron chi connectivity index (χ3n) is 5.15. The lowest BCUT2D eigenvalue weighted by molar-refractivity contribution is -0.117. The lowest BCUT2D eigenvalue weighted by atomic mass is 9.95. The van der Waals surface area contributed by atoms with Crippen LogP contribution in [0.4, 0.5) is 5.69 Å². The number of benzene rings is 2. The predicted octanol–water partition coefficient (Wildman–Crippen LogP) is 3.70. The molecule has 2 aromatic rings. The SMILES string of the molecule is CSOC[C@@H]1N=C(c2ccc(Cl)cc2)c2cc(/C(C=N)=C/NCC(N)=O)ccc2N(C(C)=N)C1=N. The molecule has 6 N–H and O–H groups in total. The van der Waals surface area contributed by atoms with Crippen molar-refractivity contribution in [2.45, 2.75) is 13.0 Å². The van der Waals surface area contributed by atoms with Crippen LogP contribution in [-0.2, 0) is 8.98 Å². The number of rotatable bonds is 9. The Morgan fingerprint density at radius 3 is 2.63 bits per heavy atom. The van der Waals surface area contributed by atoms with E-state index in [0.717, 1.165) is 5.56 Å². The molecule has 0 bridgehead atoms. The van der Waals surface area contributed by atoms with Crippen LogP contribution < -0.4 is 16.0 Å². The molecule has 0 saturated carbocycles. The summed E-state index contributed by atoms with van der Waals surface area (Å²) in [4.78, 5) is 17.5. The van der Waals surface area contributed by atoms with Crippen molar-refractivity contribution in [3.05, 3.63) is 70.4 Å². The van der Waals surface area contributed by atoms with Gasteiger partial charge in [0.25, 0.3) is 0 Å². The van der Waals surface area contributed by atoms with Crippen LogP contribution in [0.5, 0.6) is 0 Å². The van der Waals surface area contributed by atoms with Gasteiger partial charge in [0.1, 0.15) is 17.7 Å². The Kier molecular flexibility index (Phi) is 8.80. The highest BCUT2D eigenvalue weighted by molar-refractivity contribution is 7.93. The van der Waals surface area contributed by atoms with Gasteiger partial charge in [-0.2, -0.15) is 0 Å². The Hall–Kier alpha value is -3.47. The molecule has 1 amide bonds. The molecule has 9 nitrogen and oxygen atoms in total. The van der Waals surface area contributed by atoms with Gasteiger partial charge >= 0.3 is 0 Å². The fourth-order valence-corrected chi connectivity index (χ4v) is 3.97. The molecule has 0 spiro atoms. The number of amidine groups is 2. The normalized spacial score (nSPS) is 15.7. The maximum absolute atomic E-state index is 11.1. The van der Waals surface area contributed by atoms with Crippen molar-refractivity contribution < 1.29 is 8.98 Å². The number of hydrogen-bond donors (Lipinski definition) is 5. The molecule has 0 radical (unpaired) electrons. The van der Waals surface area contributed by atoms with E-state index in [1.54, 1.807) is 48.5 Å². The van der Waals surface area contributed by atoms with Crippen molar-refractivity contribution in [2.24, 2.45) is 10.7 Å². The first kappa shape index (κ1) is 26.1. The molecule has 1 aliphatic rings. The molecule has 11 heteroatoms. The third kappa shape index (κ3) is 6.16. The molecule has 0 aromatic heterocycles. The van der Waals surface area contributed by atoms with Gasteiger partial charge in [-0.15, -0.1) is 0 Å². The highest BCUT2D eigenvalue weighted by Gasteiger charge is 2.31. The number of carbonyl (C=O) groups excluding carboxylic acids is 1. The van der Waals surface area contributed by atoms with Crippen molar-refractivity contribution >= 4 is 64.4 Å². The van der Waals surface area contributed by atoms with E-state index < -0.39 is 11.9 Å². The molecule has 1 heterocycles. The molecule has 182 valence electrons. The Labute approximate surface area is 213 Å². The second-order valence-corrected chi connectivity index (χ2v) is 8.59. The zero-order valence-electron chi connectivity index (χ0n) is 19.3. The van der Waals surface area contributed by atoms with E-state index in [9.17, 15) is 4.79 Å². The number of nitrogens with two attached hydrogens (primary N) is 1. The molecule has 0 fully saturated rings. The van der Waals surface area contributed by atoms with E-state index in [2.05, 4.69) is 5.32 Å². The Morgan fingerprint density at radius 1 is 1.31 bits per heavy atom. The Balaban J connectivity index is 2.23. The van der Waals surface area contributed by atoms with Crippen molar-refractivity contribution in [1.29, 1.82) is 16.2 Å². The number of fused-ring (bicyclic) bond motifs is 1. The third-order valence-corrected chi connectivity index (χ3v) is 5.78. The van der Waals surface area contributed by atoms with Gasteiger partial charge < -0.3 is 20.6 Å². The lowest BCUT2D eigenvalue weighted by Gasteiger charge is -2.26. The summed E-state index contributed by atoms with van der Waals surface area (Å²) >= 11 is 7.31. The smallest absolute Gasteiger partial charge is 0.236 e. The second-order valence-electron chi connectivity index (χ2n) is 7.58. The van der Waals surface area contributed by atoms with Gasteiger partial charge in [-0.1, -0.05) is 29.8 Å². The summed E-state index contributed by atoms with van der Waals surface area (Å²) in [5, 5.41) is 28.5. The first-order valence-electron chi connectivity index (χ1n) is 10.6. The van der Waals surface area contributed by atoms with Crippen LogP contribution in [0, 0.1) is 16.2 Å². The number of amides is 1. The van der Waals surface area contributed by atoms with E-state index in [-0.39, 0.29) is 24.8 Å². The maximum Gasteiger partial charge on any atom is 0.236 e. The second kappa shape index (κ2) is 11.8. The number of allylic oxidation sites excluding steroid dienone is 1. The summed E-state index contributed by atoms with van der Waals surface area (Å²) in [6, 6.07) is 12.0. The van der Waals surface area contributed by atoms with Gasteiger partial charge in [-0.3, -0.25) is 25.5 Å². The van der Waals surface area contributed by atoms with Crippen LogP contribution in [0.3, 0.4) is 0 Å². The monoisotopic (exact) mass is 511 g/mol. The first-order chi connectivity index (χ1) is 16.8. The first-order valence-corrected chi connectivity index (χ1v) is 12.1. The highest BCUT2D eigenvalue weighted by atomic mass is 35.5. The zero-order valence-corrected chi connectivity index (χ0v) is 20.8. The number of hydrogen-bond acceptors (Lipinski definition) is 8. The quantitative estimate of drug-likeness (QED) is 0.197. The van der Waals surface area contributed by atoms with Crippen LogP contribution in [0.2, 0.25) is 5.02 Å². The highest BCUT2D eigenvalue weighted by Crippen LogP contribution is 2.32. The summed E-state index contributed by atoms with van der Waals surface area (Å²) in [5.74, 6) is -0.231. The minimum absolute atomic E-state index is 0.0607. The minimum Gasteiger partial charge on any atom is -0.382 e. The van der Waals surface area contributed by atoms with Gasteiger partial charge in [0.05, 0.1) is 24.6 Å². The van der Waals surface area contributed by atoms with Gasteiger partial charge in [0.15, 0.2) is 0 Å². The molecule has 3 rings (SSSR count). The fraction of sp³-hybridized carbons (Fsp3) is 0.208. The number of nitrogens with zero attached hydrogens (tertiary/aromatic N) is 2. The average molecular weight is 512 g/mol. The number of benzodiazepines with no additional fused rings is 1. The van der Waals surface area contributed by atoms with Crippen LogP contribution in [0.25, 0.3) is 5.57 Å². The van der Waals surface area contributed by atoms with E-state index in [4.69, 9.17) is 42.7 Å². The average Bonchev–Trinajstić information content (AvgIpc) is 2.94. The molecular weight excluding hydrogens is 486 g/mol. The number of halogens is 1. The topological polar surface area (TPSA) is 152 Å². The summed E-state index contributed by atoms with van der Waals surface area (Å²) in [7, 11) is 0. The van der Waals surface area contributed by atoms with E-state index >= 15 is 0 Å². The summed E-state index contributed by atoms with van der Waals surface area (Å²) in [5.41, 5.74) is 9.08. The summed E-state index contributed by atoms with van der Waals surface area (Å²) < 4.78 is 5.54. The summed E-state index contributed by atoms with van der Waals surface area (Å²) in [6.07, 6.45) is 4.51. The van der Waals surface area contributed by atoms with Crippen LogP contribution in [0.15, 0.2) is 53.7 Å². The van der Waals surface area contributed by atoms with Crippen LogP contribution in [-0.4, -0.2) is 55.0 Å². The molecule has 35 heavy (non-hydrogen) atoms. The van der Waals surface area contributed by atoms with Gasteiger partial charge in [-0.25, -0.2) is 0 Å². The number of carbonyl (C=O) groups is 1. The Morgan fingerprint density at radius 2 is 2.03 bits per heavy atom. The molecular formula is C24H26ClN7O2S. The van der Waals surface area contributed by atoms with Crippen molar-refractivity contribution in [3.8, 4) is 0 Å². The molecule has 1 aliphatic heterocycles. The molecule has 1 atom stereocenters. The van der Waals surface area contributed by atoms with E-state index in [0.29, 0.717) is 33.1 Å². The number of primary amides is 1. The van der Waals surface area contributed by atoms with Gasteiger partial charge in [0, 0.05) is 40.4 Å². The maximum atomic E-state index is 11.1. The molecule has 0 unspecified atom stereocenters. The van der Waals surface area contributed by atoms with Crippen molar-refractivity contribution in [2.75, 3.05) is 24.3 Å². The fourth-order valence-electron chi connectivity index (χ4n) is 3.58. The van der Waals surface area contributed by atoms with E-state index in [1.165, 1.54) is 18.3 Å². The van der Waals surface area contributed by atoms with E-state index in [1.807, 2.05) is 18.2 Å². The standard InChI is InChI=1S/C24H26ClN7O2S/c1-14(27)32-21-8-5-16(17(10-26)11-30-12-22(28)33)9-19(21)23(15-3-6-18(25)7-4-15)31-20(24(32)29)13-34-35-2/h3-11,20,26-27,29-30H,12-13H2,1-2H3,(H2,28,33)/b17-11+,26-10?,27-14?,29-24?/t20-/m0/s1. The molecule has 0 saturated heterocycles. The number of anilines is 1. The molecule has 2 aromatic carbocycles.